The number of carbonyl (C=O) groups is 1. The minimum atomic E-state index is -4.59. The summed E-state index contributed by atoms with van der Waals surface area (Å²) < 4.78 is 44.1. The molecule has 1 N–H and O–H groups in total. The Kier molecular flexibility index (Phi) is 5.08. The number of hydrogen-bond acceptors (Lipinski definition) is 5. The molecule has 0 aromatic carbocycles. The molecule has 4 rings (SSSR count). The number of amides is 1. The first kappa shape index (κ1) is 20.1. The number of H-pyrrole nitrogens is 1. The van der Waals surface area contributed by atoms with Crippen molar-refractivity contribution in [3.63, 3.8) is 0 Å². The van der Waals surface area contributed by atoms with Crippen LogP contribution in [-0.4, -0.2) is 39.0 Å². The number of nitrogens with one attached hydrogen (secondary N) is 1. The molecule has 1 atom stereocenters. The predicted octanol–water partition coefficient (Wildman–Crippen LogP) is 3.19. The fraction of sp³-hybridized carbons (Fsp3) is 0.400. The second-order valence-electron chi connectivity index (χ2n) is 7.47. The maximum absolute atomic E-state index is 13.0. The van der Waals surface area contributed by atoms with Gasteiger partial charge in [0.2, 0.25) is 5.91 Å². The topological polar surface area (TPSA) is 92.1 Å². The van der Waals surface area contributed by atoms with Gasteiger partial charge in [0.15, 0.2) is 0 Å². The van der Waals surface area contributed by atoms with E-state index >= 15 is 0 Å². The molecule has 1 amide bonds. The van der Waals surface area contributed by atoms with Gasteiger partial charge in [0, 0.05) is 30.8 Å². The Morgan fingerprint density at radius 2 is 2.13 bits per heavy atom. The molecule has 4 heterocycles. The van der Waals surface area contributed by atoms with Gasteiger partial charge in [-0.15, -0.1) is 0 Å². The van der Waals surface area contributed by atoms with Crippen molar-refractivity contribution < 1.29 is 22.5 Å². The van der Waals surface area contributed by atoms with Crippen LogP contribution in [0.5, 0.6) is 0 Å². The molecule has 1 aliphatic rings. The van der Waals surface area contributed by atoms with Crippen molar-refractivity contribution in [1.29, 1.82) is 0 Å². The predicted molar refractivity (Wildman–Crippen MR) is 101 cm³/mol. The van der Waals surface area contributed by atoms with Crippen molar-refractivity contribution in [2.45, 2.75) is 38.3 Å². The molecule has 158 valence electrons. The molecule has 0 bridgehead atoms. The van der Waals surface area contributed by atoms with Crippen LogP contribution in [0.3, 0.4) is 0 Å². The number of aryl methyl sites for hydroxylation is 1. The van der Waals surface area contributed by atoms with E-state index in [1.807, 2.05) is 0 Å². The molecule has 7 nitrogen and oxygen atoms in total. The molecule has 1 unspecified atom stereocenters. The van der Waals surface area contributed by atoms with Gasteiger partial charge in [-0.25, -0.2) is 4.98 Å². The zero-order chi connectivity index (χ0) is 21.5. The molecule has 30 heavy (non-hydrogen) atoms. The highest BCUT2D eigenvalue weighted by Gasteiger charge is 2.33. The van der Waals surface area contributed by atoms with Crippen LogP contribution in [0.15, 0.2) is 33.6 Å². The Morgan fingerprint density at radius 1 is 1.33 bits per heavy atom. The van der Waals surface area contributed by atoms with Gasteiger partial charge in [0.05, 0.1) is 23.0 Å². The first-order valence-corrected chi connectivity index (χ1v) is 9.52. The standard InChI is InChI=1S/C20H19F3N4O3/c1-11-7-13(30-26-11)8-18(28)27-6-2-3-12(10-27)15-9-16-14(19(29)25-15)4-5-17(24-16)20(21,22)23/h4-5,7,9,12H,2-3,6,8,10H2,1H3,(H,25,29). The number of hydrogen-bond donors (Lipinski definition) is 1. The van der Waals surface area contributed by atoms with Crippen LogP contribution in [0, 0.1) is 6.92 Å². The Hall–Kier alpha value is -3.17. The maximum Gasteiger partial charge on any atom is 0.433 e. The van der Waals surface area contributed by atoms with E-state index in [0.717, 1.165) is 12.1 Å². The fourth-order valence-corrected chi connectivity index (χ4v) is 3.75. The maximum atomic E-state index is 13.0. The minimum absolute atomic E-state index is 0.0100. The molecule has 1 saturated heterocycles. The van der Waals surface area contributed by atoms with Gasteiger partial charge >= 0.3 is 6.18 Å². The molecule has 0 spiro atoms. The third-order valence-corrected chi connectivity index (χ3v) is 5.23. The van der Waals surface area contributed by atoms with Crippen molar-refractivity contribution in [2.75, 3.05) is 13.1 Å². The van der Waals surface area contributed by atoms with E-state index in [2.05, 4.69) is 15.1 Å². The molecule has 3 aromatic rings. The largest absolute Gasteiger partial charge is 0.433 e. The van der Waals surface area contributed by atoms with Crippen LogP contribution >= 0.6 is 0 Å². The zero-order valence-corrected chi connectivity index (χ0v) is 16.1. The first-order chi connectivity index (χ1) is 14.2. The normalized spacial score (nSPS) is 17.5. The van der Waals surface area contributed by atoms with E-state index in [9.17, 15) is 22.8 Å². The van der Waals surface area contributed by atoms with Gasteiger partial charge in [-0.1, -0.05) is 5.16 Å². The van der Waals surface area contributed by atoms with E-state index in [1.165, 1.54) is 6.07 Å². The third kappa shape index (κ3) is 4.07. The molecule has 1 aliphatic heterocycles. The summed E-state index contributed by atoms with van der Waals surface area (Å²) in [5, 5.41) is 3.86. The Morgan fingerprint density at radius 3 is 2.83 bits per heavy atom. The number of aromatic amines is 1. The van der Waals surface area contributed by atoms with Crippen molar-refractivity contribution in [3.05, 3.63) is 57.5 Å². The van der Waals surface area contributed by atoms with Crippen LogP contribution < -0.4 is 5.56 Å². The summed E-state index contributed by atoms with van der Waals surface area (Å²) in [5.41, 5.74) is -0.385. The quantitative estimate of drug-likeness (QED) is 0.703. The smallest absolute Gasteiger partial charge is 0.361 e. The summed E-state index contributed by atoms with van der Waals surface area (Å²) in [6.07, 6.45) is -3.10. The number of halogens is 3. The van der Waals surface area contributed by atoms with Crippen molar-refractivity contribution in [1.82, 2.24) is 20.0 Å². The molecule has 0 saturated carbocycles. The number of fused-ring (bicyclic) bond motifs is 1. The highest BCUT2D eigenvalue weighted by molar-refractivity contribution is 5.79. The average Bonchev–Trinajstić information content (AvgIpc) is 3.11. The number of nitrogens with zero attached hydrogens (tertiary/aromatic N) is 3. The number of aromatic nitrogens is 3. The SMILES string of the molecule is Cc1cc(CC(=O)N2CCCC(c3cc4nc(C(F)(F)F)ccc4c(=O)[nH]3)C2)on1. The lowest BCUT2D eigenvalue weighted by atomic mass is 9.93. The van der Waals surface area contributed by atoms with Crippen molar-refractivity contribution >= 4 is 16.8 Å². The van der Waals surface area contributed by atoms with Crippen LogP contribution in [0.1, 0.15) is 41.6 Å². The van der Waals surface area contributed by atoms with Gasteiger partial charge in [0.25, 0.3) is 5.56 Å². The highest BCUT2D eigenvalue weighted by Crippen LogP contribution is 2.30. The van der Waals surface area contributed by atoms with Gasteiger partial charge < -0.3 is 14.4 Å². The summed E-state index contributed by atoms with van der Waals surface area (Å²) >= 11 is 0. The number of alkyl halides is 3. The second kappa shape index (κ2) is 7.58. The van der Waals surface area contributed by atoms with Gasteiger partial charge in [0.1, 0.15) is 11.5 Å². The Balaban J connectivity index is 1.58. The van der Waals surface area contributed by atoms with E-state index in [1.54, 1.807) is 17.9 Å². The fourth-order valence-electron chi connectivity index (χ4n) is 3.75. The number of carbonyl (C=O) groups excluding carboxylic acids is 1. The molecule has 10 heteroatoms. The van der Waals surface area contributed by atoms with E-state index in [4.69, 9.17) is 4.52 Å². The van der Waals surface area contributed by atoms with Crippen LogP contribution in [0.25, 0.3) is 10.9 Å². The van der Waals surface area contributed by atoms with Gasteiger partial charge in [-0.3, -0.25) is 9.59 Å². The lowest BCUT2D eigenvalue weighted by Crippen LogP contribution is -2.40. The van der Waals surface area contributed by atoms with Crippen LogP contribution in [0.4, 0.5) is 13.2 Å². The third-order valence-electron chi connectivity index (χ3n) is 5.23. The molecule has 0 aliphatic carbocycles. The first-order valence-electron chi connectivity index (χ1n) is 9.52. The van der Waals surface area contributed by atoms with Crippen LogP contribution in [-0.2, 0) is 17.4 Å². The van der Waals surface area contributed by atoms with Crippen molar-refractivity contribution in [2.24, 2.45) is 0 Å². The lowest BCUT2D eigenvalue weighted by molar-refractivity contribution is -0.141. The number of piperidine rings is 1. The lowest BCUT2D eigenvalue weighted by Gasteiger charge is -2.32. The minimum Gasteiger partial charge on any atom is -0.361 e. The van der Waals surface area contributed by atoms with E-state index < -0.39 is 17.4 Å². The van der Waals surface area contributed by atoms with E-state index in [-0.39, 0.29) is 29.1 Å². The zero-order valence-electron chi connectivity index (χ0n) is 16.1. The summed E-state index contributed by atoms with van der Waals surface area (Å²) in [5.74, 6) is 0.145. The van der Waals surface area contributed by atoms with E-state index in [0.29, 0.717) is 43.1 Å². The summed E-state index contributed by atoms with van der Waals surface area (Å²) in [7, 11) is 0. The van der Waals surface area contributed by atoms with Gasteiger partial charge in [-0.2, -0.15) is 13.2 Å². The van der Waals surface area contributed by atoms with Gasteiger partial charge in [-0.05, 0) is 38.0 Å². The second-order valence-corrected chi connectivity index (χ2v) is 7.47. The number of pyridine rings is 2. The summed E-state index contributed by atoms with van der Waals surface area (Å²) in [6, 6.07) is 5.10. The monoisotopic (exact) mass is 420 g/mol. The number of likely N-dealkylation sites (tertiary alicyclic amines) is 1. The highest BCUT2D eigenvalue weighted by atomic mass is 19.4. The molecule has 3 aromatic heterocycles. The molecular weight excluding hydrogens is 401 g/mol. The Labute approximate surface area is 168 Å². The summed E-state index contributed by atoms with van der Waals surface area (Å²) in [4.78, 5) is 33.1. The Bertz CT molecular complexity index is 1150. The molecule has 1 fully saturated rings. The van der Waals surface area contributed by atoms with Crippen LogP contribution in [0.2, 0.25) is 0 Å². The number of rotatable bonds is 3. The molecular formula is C20H19F3N4O3. The molecule has 0 radical (unpaired) electrons. The summed E-state index contributed by atoms with van der Waals surface area (Å²) in [6.45, 7) is 2.69. The van der Waals surface area contributed by atoms with Crippen molar-refractivity contribution in [3.8, 4) is 0 Å². The average molecular weight is 420 g/mol.